The Hall–Kier alpha value is -2.78. The molecule has 0 aliphatic carbocycles. The van der Waals surface area contributed by atoms with E-state index in [2.05, 4.69) is 5.32 Å². The van der Waals surface area contributed by atoms with Gasteiger partial charge in [-0.25, -0.2) is 8.42 Å². The van der Waals surface area contributed by atoms with Crippen LogP contribution >= 0.6 is 34.8 Å². The number of aryl methyl sites for hydroxylation is 1. The number of rotatable bonds is 12. The van der Waals surface area contributed by atoms with E-state index in [0.717, 1.165) is 21.7 Å². The fourth-order valence-electron chi connectivity index (χ4n) is 4.11. The summed E-state index contributed by atoms with van der Waals surface area (Å²) >= 11 is 18.6. The number of anilines is 1. The molecule has 0 saturated carbocycles. The standard InChI is InChI=1S/C29H32Cl3N3O4S/c1-4-14-33-29(37)27(16-21-8-6-5-7-9-21)34(18-22-11-13-24(30)26(32)15-22)28(36)19-35(40(3,38)39)23-12-10-20(2)25(31)17-23/h5-13,15,17,27H,4,14,16,18-19H2,1-3H3,(H,33,37)/t27-/m1/s1. The summed E-state index contributed by atoms with van der Waals surface area (Å²) in [6, 6.07) is 18.1. The molecular formula is C29H32Cl3N3O4S. The van der Waals surface area contributed by atoms with E-state index in [9.17, 15) is 18.0 Å². The first-order valence-corrected chi connectivity index (χ1v) is 15.7. The van der Waals surface area contributed by atoms with Gasteiger partial charge in [-0.3, -0.25) is 13.9 Å². The Kier molecular flexibility index (Phi) is 11.3. The molecule has 0 heterocycles. The van der Waals surface area contributed by atoms with Gasteiger partial charge in [-0.2, -0.15) is 0 Å². The molecule has 3 aromatic carbocycles. The van der Waals surface area contributed by atoms with Crippen molar-refractivity contribution in [2.45, 2.75) is 39.3 Å². The third-order valence-corrected chi connectivity index (χ3v) is 8.57. The zero-order valence-electron chi connectivity index (χ0n) is 22.5. The quantitative estimate of drug-likeness (QED) is 0.272. The number of amides is 2. The Morgan fingerprint density at radius 1 is 0.900 bits per heavy atom. The number of carbonyl (C=O) groups excluding carboxylic acids is 2. The first-order valence-electron chi connectivity index (χ1n) is 12.7. The molecule has 0 aromatic heterocycles. The van der Waals surface area contributed by atoms with E-state index in [4.69, 9.17) is 34.8 Å². The van der Waals surface area contributed by atoms with Crippen LogP contribution in [0.3, 0.4) is 0 Å². The van der Waals surface area contributed by atoms with E-state index >= 15 is 0 Å². The fraction of sp³-hybridized carbons (Fsp3) is 0.310. The monoisotopic (exact) mass is 623 g/mol. The first-order chi connectivity index (χ1) is 18.9. The zero-order chi connectivity index (χ0) is 29.4. The van der Waals surface area contributed by atoms with Crippen molar-refractivity contribution in [1.82, 2.24) is 10.2 Å². The summed E-state index contributed by atoms with van der Waals surface area (Å²) in [5, 5.41) is 3.91. The van der Waals surface area contributed by atoms with Crippen LogP contribution in [0.15, 0.2) is 66.7 Å². The largest absolute Gasteiger partial charge is 0.354 e. The van der Waals surface area contributed by atoms with Gasteiger partial charge in [0.1, 0.15) is 12.6 Å². The average molecular weight is 625 g/mol. The normalized spacial score (nSPS) is 12.1. The Morgan fingerprint density at radius 3 is 2.20 bits per heavy atom. The molecule has 0 fully saturated rings. The maximum absolute atomic E-state index is 14.0. The van der Waals surface area contributed by atoms with E-state index in [-0.39, 0.29) is 24.6 Å². The highest BCUT2D eigenvalue weighted by atomic mass is 35.5. The minimum absolute atomic E-state index is 0.000969. The number of hydrogen-bond acceptors (Lipinski definition) is 4. The minimum atomic E-state index is -3.89. The Morgan fingerprint density at radius 2 is 1.60 bits per heavy atom. The van der Waals surface area contributed by atoms with Crippen molar-refractivity contribution in [2.75, 3.05) is 23.7 Å². The van der Waals surface area contributed by atoms with E-state index in [0.29, 0.717) is 33.6 Å². The minimum Gasteiger partial charge on any atom is -0.354 e. The van der Waals surface area contributed by atoms with Gasteiger partial charge in [-0.1, -0.05) is 84.2 Å². The molecule has 3 rings (SSSR count). The molecular weight excluding hydrogens is 593 g/mol. The molecule has 7 nitrogen and oxygen atoms in total. The van der Waals surface area contributed by atoms with Gasteiger partial charge in [-0.15, -0.1) is 0 Å². The summed E-state index contributed by atoms with van der Waals surface area (Å²) < 4.78 is 26.7. The van der Waals surface area contributed by atoms with Crippen molar-refractivity contribution >= 4 is 62.3 Å². The highest BCUT2D eigenvalue weighted by Gasteiger charge is 2.33. The third kappa shape index (κ3) is 8.61. The molecule has 214 valence electrons. The molecule has 3 aromatic rings. The van der Waals surface area contributed by atoms with Crippen molar-refractivity contribution in [3.05, 3.63) is 98.5 Å². The van der Waals surface area contributed by atoms with Gasteiger partial charge in [0.15, 0.2) is 0 Å². The van der Waals surface area contributed by atoms with Crippen LogP contribution < -0.4 is 9.62 Å². The van der Waals surface area contributed by atoms with Crippen LogP contribution in [0, 0.1) is 6.92 Å². The Labute approximate surface area is 251 Å². The highest BCUT2D eigenvalue weighted by Crippen LogP contribution is 2.27. The number of carbonyl (C=O) groups is 2. The second kappa shape index (κ2) is 14.2. The van der Waals surface area contributed by atoms with Gasteiger partial charge in [0.05, 0.1) is 22.0 Å². The smallest absolute Gasteiger partial charge is 0.244 e. The van der Waals surface area contributed by atoms with E-state index < -0.39 is 28.5 Å². The lowest BCUT2D eigenvalue weighted by Crippen LogP contribution is -2.53. The van der Waals surface area contributed by atoms with Gasteiger partial charge >= 0.3 is 0 Å². The molecule has 11 heteroatoms. The molecule has 0 bridgehead atoms. The fourth-order valence-corrected chi connectivity index (χ4v) is 5.44. The van der Waals surface area contributed by atoms with Crippen LogP contribution in [0.25, 0.3) is 0 Å². The molecule has 1 N–H and O–H groups in total. The summed E-state index contributed by atoms with van der Waals surface area (Å²) in [5.74, 6) is -0.913. The van der Waals surface area contributed by atoms with Crippen molar-refractivity contribution in [1.29, 1.82) is 0 Å². The molecule has 0 radical (unpaired) electrons. The third-order valence-electron chi connectivity index (χ3n) is 6.28. The van der Waals surface area contributed by atoms with Crippen LogP contribution in [-0.4, -0.2) is 50.5 Å². The SMILES string of the molecule is CCCNC(=O)[C@@H](Cc1ccccc1)N(Cc1ccc(Cl)c(Cl)c1)C(=O)CN(c1ccc(C)c(Cl)c1)S(C)(=O)=O. The van der Waals surface area contributed by atoms with Gasteiger partial charge in [0.2, 0.25) is 21.8 Å². The predicted octanol–water partition coefficient (Wildman–Crippen LogP) is 5.89. The molecule has 0 spiro atoms. The van der Waals surface area contributed by atoms with Gasteiger partial charge < -0.3 is 10.2 Å². The zero-order valence-corrected chi connectivity index (χ0v) is 25.6. The summed E-state index contributed by atoms with van der Waals surface area (Å²) in [6.07, 6.45) is 1.95. The van der Waals surface area contributed by atoms with E-state index in [1.807, 2.05) is 37.3 Å². The molecule has 0 aliphatic rings. The summed E-state index contributed by atoms with van der Waals surface area (Å²) in [4.78, 5) is 28.9. The van der Waals surface area contributed by atoms with Gasteiger partial charge in [0.25, 0.3) is 0 Å². The molecule has 0 saturated heterocycles. The summed E-state index contributed by atoms with van der Waals surface area (Å²) in [7, 11) is -3.89. The number of benzene rings is 3. The number of nitrogens with one attached hydrogen (secondary N) is 1. The van der Waals surface area contributed by atoms with E-state index in [1.54, 1.807) is 37.3 Å². The second-order valence-corrected chi connectivity index (χ2v) is 12.6. The average Bonchev–Trinajstić information content (AvgIpc) is 2.91. The molecule has 0 aliphatic heterocycles. The molecule has 0 unspecified atom stereocenters. The predicted molar refractivity (Wildman–Crippen MR) is 163 cm³/mol. The number of sulfonamides is 1. The highest BCUT2D eigenvalue weighted by molar-refractivity contribution is 7.92. The van der Waals surface area contributed by atoms with Crippen molar-refractivity contribution in [3.8, 4) is 0 Å². The van der Waals surface area contributed by atoms with Crippen molar-refractivity contribution in [2.24, 2.45) is 0 Å². The number of halogens is 3. The maximum Gasteiger partial charge on any atom is 0.244 e. The van der Waals surface area contributed by atoms with Crippen molar-refractivity contribution < 1.29 is 18.0 Å². The van der Waals surface area contributed by atoms with Gasteiger partial charge in [0, 0.05) is 24.5 Å². The van der Waals surface area contributed by atoms with Crippen LogP contribution in [0.4, 0.5) is 5.69 Å². The van der Waals surface area contributed by atoms with Crippen LogP contribution in [0.5, 0.6) is 0 Å². The summed E-state index contributed by atoms with van der Waals surface area (Å²) in [5.41, 5.74) is 2.49. The molecule has 2 amide bonds. The Bertz CT molecular complexity index is 1450. The lowest BCUT2D eigenvalue weighted by molar-refractivity contribution is -0.140. The van der Waals surface area contributed by atoms with Gasteiger partial charge in [-0.05, 0) is 54.3 Å². The molecule has 1 atom stereocenters. The second-order valence-electron chi connectivity index (χ2n) is 9.47. The first kappa shape index (κ1) is 31.7. The summed E-state index contributed by atoms with van der Waals surface area (Å²) in [6.45, 7) is 3.62. The topological polar surface area (TPSA) is 86.8 Å². The Balaban J connectivity index is 2.07. The maximum atomic E-state index is 14.0. The number of nitrogens with zero attached hydrogens (tertiary/aromatic N) is 2. The number of hydrogen-bond donors (Lipinski definition) is 1. The molecule has 40 heavy (non-hydrogen) atoms. The lowest BCUT2D eigenvalue weighted by atomic mass is 10.0. The van der Waals surface area contributed by atoms with Crippen LogP contribution in [0.1, 0.15) is 30.0 Å². The lowest BCUT2D eigenvalue weighted by Gasteiger charge is -2.33. The van der Waals surface area contributed by atoms with E-state index in [1.165, 1.54) is 11.0 Å². The van der Waals surface area contributed by atoms with Crippen LogP contribution in [-0.2, 0) is 32.6 Å². The van der Waals surface area contributed by atoms with Crippen molar-refractivity contribution in [3.63, 3.8) is 0 Å². The van der Waals surface area contributed by atoms with Crippen LogP contribution in [0.2, 0.25) is 15.1 Å².